The normalized spacial score (nSPS) is 28.2. The number of carbonyl (C=O) groups is 1. The molecule has 2 aliphatic heterocycles. The molecule has 4 fully saturated rings. The Balaban J connectivity index is 1.47. The molecule has 2 aromatic rings. The Labute approximate surface area is 166 Å². The van der Waals surface area contributed by atoms with Gasteiger partial charge in [-0.15, -0.1) is 0 Å². The molecular formula is C22H22F3N3O. The Bertz CT molecular complexity index is 952. The Hall–Kier alpha value is -2.41. The van der Waals surface area contributed by atoms with Crippen molar-refractivity contribution in [2.45, 2.75) is 50.2 Å². The van der Waals surface area contributed by atoms with Crippen LogP contribution in [-0.2, 0) is 11.2 Å². The van der Waals surface area contributed by atoms with Crippen molar-refractivity contribution in [2.24, 2.45) is 17.6 Å². The van der Waals surface area contributed by atoms with Gasteiger partial charge in [-0.1, -0.05) is 0 Å². The zero-order valence-electron chi connectivity index (χ0n) is 15.8. The number of fused-ring (bicyclic) bond motifs is 2. The molecule has 1 aromatic heterocycles. The SMILES string of the molecule is NC1C2CC(C2)N(C(=O)C2CC2)C1Cc1ccnc(-c2cc(F)cc(F)c2)c1F. The van der Waals surface area contributed by atoms with Crippen LogP contribution in [0.5, 0.6) is 0 Å². The van der Waals surface area contributed by atoms with Crippen molar-refractivity contribution < 1.29 is 18.0 Å². The molecule has 3 heterocycles. The first kappa shape index (κ1) is 18.6. The van der Waals surface area contributed by atoms with Crippen LogP contribution in [0.25, 0.3) is 11.3 Å². The highest BCUT2D eigenvalue weighted by atomic mass is 19.1. The number of hydrogen-bond acceptors (Lipinski definition) is 3. The molecule has 2 N–H and O–H groups in total. The van der Waals surface area contributed by atoms with Crippen molar-refractivity contribution in [3.63, 3.8) is 0 Å². The van der Waals surface area contributed by atoms with E-state index in [9.17, 15) is 13.6 Å². The lowest BCUT2D eigenvalue weighted by atomic mass is 9.66. The number of nitrogens with two attached hydrogens (primary N) is 1. The van der Waals surface area contributed by atoms with Crippen molar-refractivity contribution in [3.8, 4) is 11.3 Å². The summed E-state index contributed by atoms with van der Waals surface area (Å²) in [6, 6.07) is 4.13. The van der Waals surface area contributed by atoms with Gasteiger partial charge < -0.3 is 10.6 Å². The van der Waals surface area contributed by atoms with Crippen LogP contribution < -0.4 is 5.73 Å². The van der Waals surface area contributed by atoms with E-state index in [0.717, 1.165) is 43.9 Å². The maximum atomic E-state index is 15.3. The fraction of sp³-hybridized carbons (Fsp3) is 0.455. The van der Waals surface area contributed by atoms with Crippen LogP contribution in [0.1, 0.15) is 31.2 Å². The molecule has 152 valence electrons. The highest BCUT2D eigenvalue weighted by Gasteiger charge is 2.53. The fourth-order valence-corrected chi connectivity index (χ4v) is 4.82. The van der Waals surface area contributed by atoms with Gasteiger partial charge in [0.1, 0.15) is 17.3 Å². The largest absolute Gasteiger partial charge is 0.335 e. The molecule has 2 aliphatic carbocycles. The Morgan fingerprint density at radius 3 is 2.48 bits per heavy atom. The second kappa shape index (κ2) is 6.83. The molecule has 1 amide bonds. The number of carbonyl (C=O) groups excluding carboxylic acids is 1. The number of hydrogen-bond donors (Lipinski definition) is 1. The number of nitrogens with zero attached hydrogens (tertiary/aromatic N) is 2. The Morgan fingerprint density at radius 1 is 1.14 bits per heavy atom. The molecule has 29 heavy (non-hydrogen) atoms. The van der Waals surface area contributed by atoms with Gasteiger partial charge in [-0.25, -0.2) is 13.2 Å². The summed E-state index contributed by atoms with van der Waals surface area (Å²) >= 11 is 0. The lowest BCUT2D eigenvalue weighted by Gasteiger charge is -2.57. The second-order valence-electron chi connectivity index (χ2n) is 8.54. The van der Waals surface area contributed by atoms with Gasteiger partial charge in [0.15, 0.2) is 5.82 Å². The molecule has 2 bridgehead atoms. The van der Waals surface area contributed by atoms with E-state index >= 15 is 4.39 Å². The molecule has 2 unspecified atom stereocenters. The smallest absolute Gasteiger partial charge is 0.226 e. The number of rotatable bonds is 4. The van der Waals surface area contributed by atoms with Gasteiger partial charge in [0.2, 0.25) is 5.91 Å². The zero-order chi connectivity index (χ0) is 20.3. The minimum Gasteiger partial charge on any atom is -0.335 e. The van der Waals surface area contributed by atoms with Crippen LogP contribution in [-0.4, -0.2) is 33.9 Å². The van der Waals surface area contributed by atoms with Crippen LogP contribution in [0.3, 0.4) is 0 Å². The van der Waals surface area contributed by atoms with Crippen LogP contribution in [0.15, 0.2) is 30.5 Å². The highest BCUT2D eigenvalue weighted by Crippen LogP contribution is 2.46. The molecule has 1 aromatic carbocycles. The number of pyridine rings is 1. The third-order valence-electron chi connectivity index (χ3n) is 6.60. The van der Waals surface area contributed by atoms with Gasteiger partial charge in [0.25, 0.3) is 0 Å². The molecule has 4 nitrogen and oxygen atoms in total. The van der Waals surface area contributed by atoms with E-state index in [4.69, 9.17) is 5.73 Å². The number of piperidine rings is 2. The van der Waals surface area contributed by atoms with Crippen molar-refractivity contribution in [1.29, 1.82) is 0 Å². The first-order valence-corrected chi connectivity index (χ1v) is 10.1. The van der Waals surface area contributed by atoms with E-state index in [-0.39, 0.29) is 47.6 Å². The predicted octanol–water partition coefficient (Wildman–Crippen LogP) is 3.44. The van der Waals surface area contributed by atoms with Crippen LogP contribution in [0, 0.1) is 29.3 Å². The third kappa shape index (κ3) is 3.21. The summed E-state index contributed by atoms with van der Waals surface area (Å²) < 4.78 is 42.4. The fourth-order valence-electron chi connectivity index (χ4n) is 4.82. The zero-order valence-corrected chi connectivity index (χ0v) is 15.8. The molecule has 2 saturated carbocycles. The van der Waals surface area contributed by atoms with Crippen LogP contribution >= 0.6 is 0 Å². The molecule has 0 spiro atoms. The molecule has 2 saturated heterocycles. The minimum atomic E-state index is -0.790. The molecule has 2 atom stereocenters. The summed E-state index contributed by atoms with van der Waals surface area (Å²) in [5, 5.41) is 0. The number of benzene rings is 1. The summed E-state index contributed by atoms with van der Waals surface area (Å²) in [5.74, 6) is -1.63. The van der Waals surface area contributed by atoms with Crippen molar-refractivity contribution in [1.82, 2.24) is 9.88 Å². The quantitative estimate of drug-likeness (QED) is 0.854. The maximum Gasteiger partial charge on any atom is 0.226 e. The van der Waals surface area contributed by atoms with Gasteiger partial charge in [0.05, 0.1) is 6.04 Å². The number of aromatic nitrogens is 1. The molecule has 0 radical (unpaired) electrons. The summed E-state index contributed by atoms with van der Waals surface area (Å²) in [5.41, 5.74) is 6.76. The number of halogens is 3. The summed E-state index contributed by atoms with van der Waals surface area (Å²) in [6.07, 6.45) is 5.36. The number of amides is 1. The van der Waals surface area contributed by atoms with Crippen molar-refractivity contribution >= 4 is 5.91 Å². The second-order valence-corrected chi connectivity index (χ2v) is 8.54. The lowest BCUT2D eigenvalue weighted by Crippen LogP contribution is -2.69. The van der Waals surface area contributed by atoms with E-state index in [1.54, 1.807) is 6.07 Å². The third-order valence-corrected chi connectivity index (χ3v) is 6.60. The summed E-state index contributed by atoms with van der Waals surface area (Å²) in [4.78, 5) is 18.8. The molecular weight excluding hydrogens is 379 g/mol. The average molecular weight is 401 g/mol. The molecule has 6 rings (SSSR count). The predicted molar refractivity (Wildman–Crippen MR) is 101 cm³/mol. The summed E-state index contributed by atoms with van der Waals surface area (Å²) in [7, 11) is 0. The van der Waals surface area contributed by atoms with Crippen LogP contribution in [0.4, 0.5) is 13.2 Å². The van der Waals surface area contributed by atoms with Crippen molar-refractivity contribution in [2.75, 3.05) is 0 Å². The van der Waals surface area contributed by atoms with E-state index < -0.39 is 17.5 Å². The lowest BCUT2D eigenvalue weighted by molar-refractivity contribution is -0.150. The Kier molecular flexibility index (Phi) is 4.38. The standard InChI is InChI=1S/C22H22F3N3O/c23-15-5-14(6-16(24)10-15)21-19(25)12(3-4-27-21)9-18-20(26)13-7-17(8-13)28(18)22(29)11-1-2-11/h3-6,10-11,13,17-18,20H,1-2,7-9,26H2. The Morgan fingerprint density at radius 2 is 1.83 bits per heavy atom. The highest BCUT2D eigenvalue weighted by molar-refractivity contribution is 5.82. The van der Waals surface area contributed by atoms with Gasteiger partial charge in [-0.3, -0.25) is 9.78 Å². The van der Waals surface area contributed by atoms with E-state index in [1.807, 2.05) is 4.90 Å². The first-order valence-electron chi connectivity index (χ1n) is 10.1. The van der Waals surface area contributed by atoms with Crippen molar-refractivity contribution in [3.05, 3.63) is 53.5 Å². The van der Waals surface area contributed by atoms with Gasteiger partial charge >= 0.3 is 0 Å². The molecule has 7 heteroatoms. The molecule has 4 aliphatic rings. The van der Waals surface area contributed by atoms with Crippen LogP contribution in [0.2, 0.25) is 0 Å². The first-order chi connectivity index (χ1) is 13.9. The topological polar surface area (TPSA) is 59.2 Å². The van der Waals surface area contributed by atoms with E-state index in [2.05, 4.69) is 4.98 Å². The average Bonchev–Trinajstić information content (AvgIpc) is 3.47. The van der Waals surface area contributed by atoms with Gasteiger partial charge in [0, 0.05) is 35.8 Å². The summed E-state index contributed by atoms with van der Waals surface area (Å²) in [6.45, 7) is 0. The van der Waals surface area contributed by atoms with Gasteiger partial charge in [-0.2, -0.15) is 0 Å². The monoisotopic (exact) mass is 401 g/mol. The minimum absolute atomic E-state index is 0.0450. The van der Waals surface area contributed by atoms with E-state index in [1.165, 1.54) is 6.20 Å². The van der Waals surface area contributed by atoms with E-state index in [0.29, 0.717) is 11.5 Å². The van der Waals surface area contributed by atoms with Gasteiger partial charge in [-0.05, 0) is 61.8 Å². The maximum absolute atomic E-state index is 15.3.